The van der Waals surface area contributed by atoms with E-state index in [-0.39, 0.29) is 5.75 Å². The molecular formula is C25H17F3NO3S+. The molecule has 4 aromatic rings. The summed E-state index contributed by atoms with van der Waals surface area (Å²) in [5.41, 5.74) is 2.56. The molecule has 0 radical (unpaired) electrons. The van der Waals surface area contributed by atoms with Gasteiger partial charge < -0.3 is 15.6 Å². The number of nitrogens with two attached hydrogens (primary N) is 1. The number of carbonyl (C=O) groups is 1. The van der Waals surface area contributed by atoms with Gasteiger partial charge >= 0.3 is 5.97 Å². The first-order valence-corrected chi connectivity index (χ1v) is 10.9. The number of ether oxygens (including phenoxy) is 1. The molecular weight excluding hydrogens is 451 g/mol. The van der Waals surface area contributed by atoms with Crippen molar-refractivity contribution in [1.82, 2.24) is 0 Å². The lowest BCUT2D eigenvalue weighted by Gasteiger charge is -2.11. The van der Waals surface area contributed by atoms with Gasteiger partial charge in [0.05, 0.1) is 10.9 Å². The number of anilines is 1. The monoisotopic (exact) mass is 468 g/mol. The van der Waals surface area contributed by atoms with Crippen molar-refractivity contribution in [3.63, 3.8) is 0 Å². The van der Waals surface area contributed by atoms with Gasteiger partial charge in [0, 0.05) is 0 Å². The van der Waals surface area contributed by atoms with Crippen LogP contribution in [0.15, 0.2) is 99.6 Å². The van der Waals surface area contributed by atoms with Crippen LogP contribution in [0.1, 0.15) is 10.4 Å². The van der Waals surface area contributed by atoms with Crippen LogP contribution in [-0.4, -0.2) is 11.1 Å². The predicted molar refractivity (Wildman–Crippen MR) is 119 cm³/mol. The maximum absolute atomic E-state index is 14.1. The van der Waals surface area contributed by atoms with Crippen LogP contribution in [0.3, 0.4) is 0 Å². The fraction of sp³-hybridized carbons (Fsp3) is 0. The minimum absolute atomic E-state index is 0.00450. The molecule has 0 unspecified atom stereocenters. The average molecular weight is 468 g/mol. The molecule has 0 saturated carbocycles. The number of hydrogen-bond acceptors (Lipinski definition) is 4. The second-order valence-corrected chi connectivity index (χ2v) is 8.90. The number of rotatable bonds is 5. The summed E-state index contributed by atoms with van der Waals surface area (Å²) in [5, 5.41) is 9.74. The highest BCUT2D eigenvalue weighted by molar-refractivity contribution is 7.97. The van der Waals surface area contributed by atoms with Gasteiger partial charge in [-0.25, -0.2) is 18.0 Å². The predicted octanol–water partition coefficient (Wildman–Crippen LogP) is 5.71. The first-order chi connectivity index (χ1) is 15.9. The lowest BCUT2D eigenvalue weighted by atomic mass is 10.1. The van der Waals surface area contributed by atoms with Crippen molar-refractivity contribution in [3.8, 4) is 11.5 Å². The molecule has 8 heteroatoms. The number of aromatic hydroxyl groups is 1. The van der Waals surface area contributed by atoms with E-state index in [0.717, 1.165) is 14.7 Å². The number of benzene rings is 4. The van der Waals surface area contributed by atoms with Crippen molar-refractivity contribution in [2.45, 2.75) is 14.7 Å². The van der Waals surface area contributed by atoms with Crippen molar-refractivity contribution in [3.05, 3.63) is 108 Å². The normalized spacial score (nSPS) is 10.9. The maximum atomic E-state index is 14.1. The van der Waals surface area contributed by atoms with Crippen molar-refractivity contribution in [1.29, 1.82) is 0 Å². The third-order valence-electron chi connectivity index (χ3n) is 4.76. The molecule has 4 rings (SSSR count). The van der Waals surface area contributed by atoms with Gasteiger partial charge in [0.1, 0.15) is 17.0 Å². The number of halogens is 3. The number of phenolic OH excluding ortho intramolecular Hbond substituents is 1. The van der Waals surface area contributed by atoms with Gasteiger partial charge in [0.15, 0.2) is 37.9 Å². The van der Waals surface area contributed by atoms with Crippen molar-refractivity contribution in [2.75, 3.05) is 5.73 Å². The van der Waals surface area contributed by atoms with Crippen molar-refractivity contribution < 1.29 is 27.8 Å². The van der Waals surface area contributed by atoms with Gasteiger partial charge in [0.25, 0.3) is 0 Å². The van der Waals surface area contributed by atoms with Crippen LogP contribution in [0.2, 0.25) is 0 Å². The number of nitrogen functional groups attached to an aromatic ring is 1. The molecule has 0 amide bonds. The molecule has 0 bridgehead atoms. The summed E-state index contributed by atoms with van der Waals surface area (Å²) < 4.78 is 46.7. The number of carbonyl (C=O) groups excluding carboxylic acids is 1. The summed E-state index contributed by atoms with van der Waals surface area (Å²) in [5.74, 6) is -8.07. The van der Waals surface area contributed by atoms with Gasteiger partial charge in [-0.05, 0) is 48.5 Å². The SMILES string of the molecule is Nc1c(F)c(O)c(C(=O)Oc2ccc([S+](c3ccccc3)c3ccccc3)cc2)c(F)c1F. The molecule has 0 aliphatic carbocycles. The van der Waals surface area contributed by atoms with Crippen LogP contribution in [0.4, 0.5) is 18.9 Å². The fourth-order valence-corrected chi connectivity index (χ4v) is 5.26. The number of esters is 1. The third-order valence-corrected chi connectivity index (χ3v) is 6.99. The van der Waals surface area contributed by atoms with E-state index in [2.05, 4.69) is 0 Å². The molecule has 33 heavy (non-hydrogen) atoms. The molecule has 0 atom stereocenters. The summed E-state index contributed by atoms with van der Waals surface area (Å²) in [4.78, 5) is 15.4. The molecule has 0 aliphatic heterocycles. The Morgan fingerprint density at radius 2 is 1.21 bits per heavy atom. The Bertz CT molecular complexity index is 1230. The van der Waals surface area contributed by atoms with Crippen LogP contribution < -0.4 is 10.5 Å². The van der Waals surface area contributed by atoms with Gasteiger partial charge in [-0.15, -0.1) is 0 Å². The van der Waals surface area contributed by atoms with E-state index in [9.17, 15) is 23.1 Å². The summed E-state index contributed by atoms with van der Waals surface area (Å²) in [6, 6.07) is 26.1. The van der Waals surface area contributed by atoms with Crippen molar-refractivity contribution in [2.24, 2.45) is 0 Å². The van der Waals surface area contributed by atoms with Gasteiger partial charge in [-0.2, -0.15) is 0 Å². The van der Waals surface area contributed by atoms with E-state index in [0.29, 0.717) is 0 Å². The second-order valence-electron chi connectivity index (χ2n) is 6.87. The van der Waals surface area contributed by atoms with Crippen LogP contribution in [0.25, 0.3) is 0 Å². The minimum Gasteiger partial charge on any atom is -0.504 e. The van der Waals surface area contributed by atoms with Crippen LogP contribution in [-0.2, 0) is 10.9 Å². The largest absolute Gasteiger partial charge is 0.504 e. The zero-order chi connectivity index (χ0) is 23.5. The van der Waals surface area contributed by atoms with E-state index in [4.69, 9.17) is 10.5 Å². The highest BCUT2D eigenvalue weighted by atomic mass is 32.2. The molecule has 4 aromatic carbocycles. The van der Waals surface area contributed by atoms with Gasteiger partial charge in [0.2, 0.25) is 0 Å². The Labute approximate surface area is 190 Å². The zero-order valence-electron chi connectivity index (χ0n) is 17.0. The van der Waals surface area contributed by atoms with E-state index < -0.39 is 51.3 Å². The molecule has 0 aliphatic rings. The average Bonchev–Trinajstić information content (AvgIpc) is 2.84. The van der Waals surface area contributed by atoms with Gasteiger partial charge in [-0.3, -0.25) is 0 Å². The molecule has 166 valence electrons. The third kappa shape index (κ3) is 4.38. The highest BCUT2D eigenvalue weighted by Crippen LogP contribution is 2.34. The fourth-order valence-electron chi connectivity index (χ4n) is 3.18. The Morgan fingerprint density at radius 3 is 1.73 bits per heavy atom. The molecule has 0 aromatic heterocycles. The summed E-state index contributed by atoms with van der Waals surface area (Å²) in [7, 11) is -0.441. The summed E-state index contributed by atoms with van der Waals surface area (Å²) in [6.07, 6.45) is 0. The Morgan fingerprint density at radius 1 is 0.727 bits per heavy atom. The van der Waals surface area contributed by atoms with E-state index in [1.165, 1.54) is 12.1 Å². The topological polar surface area (TPSA) is 72.5 Å². The molecule has 0 heterocycles. The molecule has 0 saturated heterocycles. The Kier molecular flexibility index (Phi) is 6.28. The maximum Gasteiger partial charge on any atom is 0.350 e. The first kappa shape index (κ1) is 22.3. The second kappa shape index (κ2) is 9.30. The summed E-state index contributed by atoms with van der Waals surface area (Å²) in [6.45, 7) is 0. The zero-order valence-corrected chi connectivity index (χ0v) is 17.8. The smallest absolute Gasteiger partial charge is 0.350 e. The van der Waals surface area contributed by atoms with Gasteiger partial charge in [-0.1, -0.05) is 36.4 Å². The van der Waals surface area contributed by atoms with Crippen LogP contribution in [0.5, 0.6) is 11.5 Å². The van der Waals surface area contributed by atoms with E-state index in [1.54, 1.807) is 12.1 Å². The van der Waals surface area contributed by atoms with Crippen LogP contribution in [0, 0.1) is 17.5 Å². The standard InChI is InChI=1S/C25H16F3NO3S/c26-20-19(24(30)22(28)23(29)21(20)27)25(31)32-15-11-13-18(14-12-15)33(16-7-3-1-4-8-16)17-9-5-2-6-10-17/h1-14H,(H2-,29,30,31)/p+1. The van der Waals surface area contributed by atoms with E-state index in [1.807, 2.05) is 60.7 Å². The molecule has 0 fully saturated rings. The minimum atomic E-state index is -1.79. The molecule has 3 N–H and O–H groups in total. The van der Waals surface area contributed by atoms with Crippen molar-refractivity contribution >= 4 is 22.6 Å². The quantitative estimate of drug-likeness (QED) is 0.129. The Hall–Kier alpha value is -3.91. The molecule has 4 nitrogen and oxygen atoms in total. The number of phenols is 1. The number of hydrogen-bond donors (Lipinski definition) is 2. The Balaban J connectivity index is 1.64. The summed E-state index contributed by atoms with van der Waals surface area (Å²) >= 11 is 0. The lowest BCUT2D eigenvalue weighted by molar-refractivity contribution is 0.0724. The van der Waals surface area contributed by atoms with E-state index >= 15 is 0 Å². The molecule has 0 spiro atoms. The highest BCUT2D eigenvalue weighted by Gasteiger charge is 2.30. The lowest BCUT2D eigenvalue weighted by Crippen LogP contribution is -2.15. The van der Waals surface area contributed by atoms with Crippen LogP contribution >= 0.6 is 0 Å². The first-order valence-electron chi connectivity index (χ1n) is 9.70.